The molecule has 0 aliphatic carbocycles. The van der Waals surface area contributed by atoms with Crippen LogP contribution < -0.4 is 10.6 Å². The lowest BCUT2D eigenvalue weighted by Gasteiger charge is -2.23. The zero-order valence-electron chi connectivity index (χ0n) is 17.2. The Labute approximate surface area is 184 Å². The number of nitrogens with zero attached hydrogens (tertiary/aromatic N) is 3. The van der Waals surface area contributed by atoms with Gasteiger partial charge in [-0.05, 0) is 53.0 Å². The molecule has 1 aromatic carbocycles. The molecule has 0 fully saturated rings. The predicted molar refractivity (Wildman–Crippen MR) is 129 cm³/mol. The van der Waals surface area contributed by atoms with Crippen LogP contribution in [-0.2, 0) is 6.54 Å². The highest BCUT2D eigenvalue weighted by atomic mass is 127. The maximum absolute atomic E-state index is 4.78. The van der Waals surface area contributed by atoms with E-state index in [1.807, 2.05) is 34.6 Å². The maximum Gasteiger partial charge on any atom is 0.191 e. The Kier molecular flexibility index (Phi) is 9.66. The number of aromatic nitrogens is 2. The van der Waals surface area contributed by atoms with Crippen molar-refractivity contribution in [2.75, 3.05) is 19.3 Å². The topological polar surface area (TPSA) is 54.2 Å². The quantitative estimate of drug-likeness (QED) is 0.338. The first kappa shape index (κ1) is 23.8. The number of hydrogen-bond donors (Lipinski definition) is 2. The van der Waals surface area contributed by atoms with E-state index < -0.39 is 0 Å². The van der Waals surface area contributed by atoms with Crippen molar-refractivity contribution in [1.82, 2.24) is 20.4 Å². The summed E-state index contributed by atoms with van der Waals surface area (Å²) >= 11 is 1.85. The molecule has 0 atom stereocenters. The third kappa shape index (κ3) is 6.71. The van der Waals surface area contributed by atoms with E-state index in [-0.39, 0.29) is 28.7 Å². The number of benzene rings is 1. The second-order valence-electron chi connectivity index (χ2n) is 6.91. The van der Waals surface area contributed by atoms with E-state index in [1.165, 1.54) is 5.56 Å². The normalized spacial score (nSPS) is 11.9. The average Bonchev–Trinajstić information content (AvgIpc) is 2.92. The molecule has 1 heterocycles. The van der Waals surface area contributed by atoms with E-state index >= 15 is 0 Å². The zero-order valence-corrected chi connectivity index (χ0v) is 20.3. The molecule has 0 amide bonds. The lowest BCUT2D eigenvalue weighted by Crippen LogP contribution is -2.43. The smallest absolute Gasteiger partial charge is 0.191 e. The summed E-state index contributed by atoms with van der Waals surface area (Å²) in [7, 11) is 0. The van der Waals surface area contributed by atoms with Gasteiger partial charge in [0, 0.05) is 29.1 Å². The lowest BCUT2D eigenvalue weighted by atomic mass is 10.2. The van der Waals surface area contributed by atoms with Gasteiger partial charge in [0.15, 0.2) is 5.96 Å². The molecule has 0 aliphatic heterocycles. The van der Waals surface area contributed by atoms with Crippen molar-refractivity contribution in [2.45, 2.75) is 45.9 Å². The molecule has 2 N–H and O–H groups in total. The molecular formula is C20H32IN5S. The number of aliphatic imine (C=N–C) groups is 1. The number of thioether (sulfide) groups is 1. The molecular weight excluding hydrogens is 469 g/mol. The Morgan fingerprint density at radius 1 is 1.19 bits per heavy atom. The fourth-order valence-corrected chi connectivity index (χ4v) is 2.81. The summed E-state index contributed by atoms with van der Waals surface area (Å²) in [6, 6.07) is 10.2. The monoisotopic (exact) mass is 501 g/mol. The van der Waals surface area contributed by atoms with E-state index in [0.717, 1.165) is 36.1 Å². The van der Waals surface area contributed by atoms with Crippen LogP contribution in [0, 0.1) is 13.8 Å². The second kappa shape index (κ2) is 10.9. The molecule has 150 valence electrons. The van der Waals surface area contributed by atoms with Crippen molar-refractivity contribution in [3.63, 3.8) is 0 Å². The molecule has 0 saturated heterocycles. The minimum Gasteiger partial charge on any atom is -0.357 e. The van der Waals surface area contributed by atoms with Gasteiger partial charge in [-0.3, -0.25) is 0 Å². The SMILES string of the molecule is CCNC(=NCc1c(C)nn(-c2ccccc2)c1C)NCC(C)(C)SC.I. The first-order valence-corrected chi connectivity index (χ1v) is 10.3. The third-order valence-electron chi connectivity index (χ3n) is 4.42. The Morgan fingerprint density at radius 2 is 1.85 bits per heavy atom. The van der Waals surface area contributed by atoms with Gasteiger partial charge in [-0.15, -0.1) is 24.0 Å². The first-order chi connectivity index (χ1) is 12.4. The molecule has 0 radical (unpaired) electrons. The van der Waals surface area contributed by atoms with Crippen molar-refractivity contribution in [3.05, 3.63) is 47.3 Å². The number of rotatable bonds is 7. The summed E-state index contributed by atoms with van der Waals surface area (Å²) in [5.41, 5.74) is 4.42. The largest absolute Gasteiger partial charge is 0.357 e. The van der Waals surface area contributed by atoms with Crippen LogP contribution in [0.2, 0.25) is 0 Å². The number of aryl methyl sites for hydroxylation is 1. The van der Waals surface area contributed by atoms with Gasteiger partial charge in [0.2, 0.25) is 0 Å². The molecule has 5 nitrogen and oxygen atoms in total. The van der Waals surface area contributed by atoms with Crippen LogP contribution in [0.3, 0.4) is 0 Å². The molecule has 1 aromatic heterocycles. The van der Waals surface area contributed by atoms with Crippen molar-refractivity contribution in [3.8, 4) is 5.69 Å². The van der Waals surface area contributed by atoms with Gasteiger partial charge in [0.05, 0.1) is 17.9 Å². The summed E-state index contributed by atoms with van der Waals surface area (Å²) in [5.74, 6) is 0.848. The average molecular weight is 501 g/mol. The van der Waals surface area contributed by atoms with Crippen LogP contribution in [0.5, 0.6) is 0 Å². The second-order valence-corrected chi connectivity index (χ2v) is 8.42. The Balaban J connectivity index is 0.00000364. The number of hydrogen-bond acceptors (Lipinski definition) is 3. The molecule has 0 saturated carbocycles. The molecule has 2 aromatic rings. The Bertz CT molecular complexity index is 740. The van der Waals surface area contributed by atoms with Crippen LogP contribution in [0.4, 0.5) is 0 Å². The van der Waals surface area contributed by atoms with Crippen LogP contribution in [0.25, 0.3) is 5.69 Å². The molecule has 0 aliphatic rings. The summed E-state index contributed by atoms with van der Waals surface area (Å²) in [5, 5.41) is 11.5. The van der Waals surface area contributed by atoms with Gasteiger partial charge in [-0.1, -0.05) is 18.2 Å². The lowest BCUT2D eigenvalue weighted by molar-refractivity contribution is 0.664. The highest BCUT2D eigenvalue weighted by molar-refractivity contribution is 14.0. The van der Waals surface area contributed by atoms with Crippen LogP contribution in [-0.4, -0.2) is 39.8 Å². The molecule has 0 bridgehead atoms. The minimum atomic E-state index is 0. The molecule has 27 heavy (non-hydrogen) atoms. The van der Waals surface area contributed by atoms with Crippen molar-refractivity contribution >= 4 is 41.7 Å². The fraction of sp³-hybridized carbons (Fsp3) is 0.500. The summed E-state index contributed by atoms with van der Waals surface area (Å²) in [6.07, 6.45) is 2.14. The number of halogens is 1. The van der Waals surface area contributed by atoms with Crippen molar-refractivity contribution < 1.29 is 0 Å². The van der Waals surface area contributed by atoms with Crippen LogP contribution >= 0.6 is 35.7 Å². The van der Waals surface area contributed by atoms with Gasteiger partial charge in [0.1, 0.15) is 0 Å². The molecule has 7 heteroatoms. The zero-order chi connectivity index (χ0) is 19.2. The molecule has 2 rings (SSSR count). The van der Waals surface area contributed by atoms with E-state index in [1.54, 1.807) is 0 Å². The van der Waals surface area contributed by atoms with E-state index in [4.69, 9.17) is 10.1 Å². The predicted octanol–water partition coefficient (Wildman–Crippen LogP) is 4.30. The number of nitrogens with one attached hydrogen (secondary N) is 2. The number of guanidine groups is 1. The highest BCUT2D eigenvalue weighted by Crippen LogP contribution is 2.20. The van der Waals surface area contributed by atoms with Crippen molar-refractivity contribution in [1.29, 1.82) is 0 Å². The molecule has 0 spiro atoms. The summed E-state index contributed by atoms with van der Waals surface area (Å²) in [6.45, 7) is 13.0. The number of para-hydroxylation sites is 1. The van der Waals surface area contributed by atoms with Gasteiger partial charge in [0.25, 0.3) is 0 Å². The van der Waals surface area contributed by atoms with Crippen LogP contribution in [0.1, 0.15) is 37.7 Å². The van der Waals surface area contributed by atoms with E-state index in [9.17, 15) is 0 Å². The highest BCUT2D eigenvalue weighted by Gasteiger charge is 2.17. The van der Waals surface area contributed by atoms with E-state index in [2.05, 4.69) is 63.6 Å². The maximum atomic E-state index is 4.78. The van der Waals surface area contributed by atoms with Gasteiger partial charge in [-0.2, -0.15) is 16.9 Å². The fourth-order valence-electron chi connectivity index (χ4n) is 2.59. The van der Waals surface area contributed by atoms with E-state index in [0.29, 0.717) is 6.54 Å². The van der Waals surface area contributed by atoms with Gasteiger partial charge in [-0.25, -0.2) is 9.67 Å². The Morgan fingerprint density at radius 3 is 2.44 bits per heavy atom. The summed E-state index contributed by atoms with van der Waals surface area (Å²) in [4.78, 5) is 4.78. The summed E-state index contributed by atoms with van der Waals surface area (Å²) < 4.78 is 2.16. The van der Waals surface area contributed by atoms with Crippen LogP contribution in [0.15, 0.2) is 35.3 Å². The molecule has 0 unspecified atom stereocenters. The first-order valence-electron chi connectivity index (χ1n) is 9.06. The third-order valence-corrected chi connectivity index (χ3v) is 5.67. The Hall–Kier alpha value is -1.22. The van der Waals surface area contributed by atoms with Gasteiger partial charge >= 0.3 is 0 Å². The standard InChI is InChI=1S/C20H31N5S.HI/c1-7-21-19(23-14-20(4,5)26-6)22-13-18-15(2)24-25(16(18)3)17-11-9-8-10-12-17;/h8-12H,7,13-14H2,1-6H3,(H2,21,22,23);1H. The van der Waals surface area contributed by atoms with Crippen molar-refractivity contribution in [2.24, 2.45) is 4.99 Å². The van der Waals surface area contributed by atoms with Gasteiger partial charge < -0.3 is 10.6 Å². The minimum absolute atomic E-state index is 0.